The predicted molar refractivity (Wildman–Crippen MR) is 108 cm³/mol. The van der Waals surface area contributed by atoms with E-state index in [1.165, 1.54) is 0 Å². The fourth-order valence-electron chi connectivity index (χ4n) is 2.97. The van der Waals surface area contributed by atoms with Crippen molar-refractivity contribution < 1.29 is 9.32 Å². The number of carbonyl (C=O) groups is 1. The number of aromatic nitrogens is 3. The number of aryl methyl sites for hydroxylation is 1. The van der Waals surface area contributed by atoms with E-state index in [0.29, 0.717) is 16.9 Å². The fourth-order valence-corrected chi connectivity index (χ4v) is 2.97. The molecule has 0 saturated carbocycles. The Morgan fingerprint density at radius 2 is 1.69 bits per heavy atom. The summed E-state index contributed by atoms with van der Waals surface area (Å²) in [6, 6.07) is 17.7. The number of H-pyrrole nitrogens is 2. The van der Waals surface area contributed by atoms with Gasteiger partial charge in [0.15, 0.2) is 5.82 Å². The van der Waals surface area contributed by atoms with Crippen LogP contribution in [0.3, 0.4) is 0 Å². The van der Waals surface area contributed by atoms with Crippen LogP contribution in [0.5, 0.6) is 0 Å². The topological polar surface area (TPSA) is 121 Å². The molecule has 4 rings (SSSR count). The van der Waals surface area contributed by atoms with Crippen LogP contribution < -0.4 is 16.6 Å². The Balaban J connectivity index is 1.60. The fraction of sp³-hybridized carbons (Fsp3) is 0.0476. The summed E-state index contributed by atoms with van der Waals surface area (Å²) in [5.41, 5.74) is 3.03. The molecule has 0 aliphatic carbocycles. The lowest BCUT2D eigenvalue weighted by molar-refractivity contribution is 0.102. The Hall–Kier alpha value is -4.20. The molecule has 2 aromatic carbocycles. The maximum Gasteiger partial charge on any atom is 0.439 e. The van der Waals surface area contributed by atoms with Crippen LogP contribution in [0, 0.1) is 6.92 Å². The third-order valence-electron chi connectivity index (χ3n) is 4.42. The lowest BCUT2D eigenvalue weighted by atomic mass is 10.0. The van der Waals surface area contributed by atoms with Gasteiger partial charge in [-0.3, -0.25) is 19.1 Å². The van der Waals surface area contributed by atoms with Gasteiger partial charge in [0.2, 0.25) is 0 Å². The van der Waals surface area contributed by atoms with Gasteiger partial charge >= 0.3 is 5.76 Å². The summed E-state index contributed by atoms with van der Waals surface area (Å²) in [6.07, 6.45) is 0. The molecular weight excluding hydrogens is 372 g/mol. The highest BCUT2D eigenvalue weighted by atomic mass is 16.5. The highest BCUT2D eigenvalue weighted by Gasteiger charge is 2.15. The van der Waals surface area contributed by atoms with Crippen molar-refractivity contribution in [2.45, 2.75) is 6.92 Å². The normalized spacial score (nSPS) is 10.7. The van der Waals surface area contributed by atoms with Gasteiger partial charge in [-0.15, -0.1) is 0 Å². The molecule has 2 heterocycles. The third kappa shape index (κ3) is 3.77. The van der Waals surface area contributed by atoms with E-state index in [1.54, 1.807) is 37.3 Å². The van der Waals surface area contributed by atoms with Gasteiger partial charge in [0.05, 0.1) is 0 Å². The lowest BCUT2D eigenvalue weighted by Crippen LogP contribution is -2.24. The molecule has 1 amide bonds. The van der Waals surface area contributed by atoms with E-state index in [-0.39, 0.29) is 11.4 Å². The zero-order valence-electron chi connectivity index (χ0n) is 15.4. The zero-order chi connectivity index (χ0) is 20.4. The third-order valence-corrected chi connectivity index (χ3v) is 4.42. The Labute approximate surface area is 164 Å². The van der Waals surface area contributed by atoms with Crippen LogP contribution in [-0.4, -0.2) is 21.0 Å². The molecule has 29 heavy (non-hydrogen) atoms. The monoisotopic (exact) mass is 388 g/mol. The van der Waals surface area contributed by atoms with Crippen molar-refractivity contribution in [2.24, 2.45) is 0 Å². The van der Waals surface area contributed by atoms with Crippen LogP contribution in [0.1, 0.15) is 16.1 Å². The number of aromatic amines is 2. The van der Waals surface area contributed by atoms with Crippen LogP contribution in [0.25, 0.3) is 22.5 Å². The molecule has 3 N–H and O–H groups in total. The van der Waals surface area contributed by atoms with Gasteiger partial charge in [-0.2, -0.15) is 0 Å². The van der Waals surface area contributed by atoms with Gasteiger partial charge in [0.25, 0.3) is 11.5 Å². The van der Waals surface area contributed by atoms with Crippen molar-refractivity contribution >= 4 is 11.6 Å². The molecule has 0 saturated heterocycles. The summed E-state index contributed by atoms with van der Waals surface area (Å²) in [5, 5.41) is 6.31. The smallest absolute Gasteiger partial charge is 0.325 e. The zero-order valence-corrected chi connectivity index (χ0v) is 15.4. The molecule has 0 fully saturated rings. The second-order valence-corrected chi connectivity index (χ2v) is 6.39. The number of anilines is 1. The van der Waals surface area contributed by atoms with E-state index in [0.717, 1.165) is 11.1 Å². The molecule has 8 heteroatoms. The average molecular weight is 388 g/mol. The first-order valence-electron chi connectivity index (χ1n) is 8.78. The molecule has 8 nitrogen and oxygen atoms in total. The van der Waals surface area contributed by atoms with Crippen molar-refractivity contribution in [3.05, 3.63) is 92.8 Å². The number of nitrogens with zero attached hydrogens (tertiary/aromatic N) is 1. The van der Waals surface area contributed by atoms with Gasteiger partial charge in [0.1, 0.15) is 5.56 Å². The lowest BCUT2D eigenvalue weighted by Gasteiger charge is -2.10. The van der Waals surface area contributed by atoms with Crippen LogP contribution >= 0.6 is 0 Å². The minimum absolute atomic E-state index is 0.0133. The maximum atomic E-state index is 12.7. The molecule has 144 valence electrons. The number of hydrogen-bond donors (Lipinski definition) is 3. The summed E-state index contributed by atoms with van der Waals surface area (Å²) in [5.74, 6) is -0.883. The maximum absolute atomic E-state index is 12.7. The SMILES string of the molecule is Cc1[nH]c(=O)c(C(=O)Nc2ccc(-c3noc(=O)[nH]3)cc2)cc1-c1ccccc1. The van der Waals surface area contributed by atoms with E-state index in [1.807, 2.05) is 30.3 Å². The van der Waals surface area contributed by atoms with Crippen LogP contribution in [-0.2, 0) is 0 Å². The van der Waals surface area contributed by atoms with Crippen molar-refractivity contribution in [2.75, 3.05) is 5.32 Å². The van der Waals surface area contributed by atoms with E-state index >= 15 is 0 Å². The second-order valence-electron chi connectivity index (χ2n) is 6.39. The standard InChI is InChI=1S/C21H16N4O4/c1-12-16(13-5-3-2-4-6-13)11-17(19(26)22-12)20(27)23-15-9-7-14(8-10-15)18-24-21(28)29-25-18/h2-11H,1H3,(H,22,26)(H,23,27)(H,24,25,28). The number of benzene rings is 2. The van der Waals surface area contributed by atoms with E-state index in [9.17, 15) is 14.4 Å². The Kier molecular flexibility index (Phi) is 4.66. The molecule has 0 unspecified atom stereocenters. The van der Waals surface area contributed by atoms with Gasteiger partial charge in [-0.25, -0.2) is 4.79 Å². The minimum Gasteiger partial charge on any atom is -0.325 e. The molecule has 4 aromatic rings. The van der Waals surface area contributed by atoms with E-state index in [4.69, 9.17) is 0 Å². The molecular formula is C21H16N4O4. The first-order valence-corrected chi connectivity index (χ1v) is 8.78. The Morgan fingerprint density at radius 3 is 2.34 bits per heavy atom. The quantitative estimate of drug-likeness (QED) is 0.496. The van der Waals surface area contributed by atoms with Crippen molar-refractivity contribution in [1.29, 1.82) is 0 Å². The molecule has 0 bridgehead atoms. The number of nitrogens with one attached hydrogen (secondary N) is 3. The van der Waals surface area contributed by atoms with E-state index < -0.39 is 17.2 Å². The largest absolute Gasteiger partial charge is 0.439 e. The predicted octanol–water partition coefficient (Wildman–Crippen LogP) is 2.95. The Morgan fingerprint density at radius 1 is 0.966 bits per heavy atom. The van der Waals surface area contributed by atoms with Gasteiger partial charge in [0, 0.05) is 22.5 Å². The molecule has 2 aromatic heterocycles. The summed E-state index contributed by atoms with van der Waals surface area (Å²) in [6.45, 7) is 1.79. The second kappa shape index (κ2) is 7.43. The summed E-state index contributed by atoms with van der Waals surface area (Å²) in [4.78, 5) is 41.2. The van der Waals surface area contributed by atoms with Crippen molar-refractivity contribution in [3.63, 3.8) is 0 Å². The number of amides is 1. The summed E-state index contributed by atoms with van der Waals surface area (Å²) in [7, 11) is 0. The molecule has 0 aliphatic rings. The van der Waals surface area contributed by atoms with Gasteiger partial charge in [-0.05, 0) is 42.8 Å². The summed E-state index contributed by atoms with van der Waals surface area (Å²) >= 11 is 0. The van der Waals surface area contributed by atoms with Crippen LogP contribution in [0.2, 0.25) is 0 Å². The van der Waals surface area contributed by atoms with E-state index in [2.05, 4.69) is 25.0 Å². The summed E-state index contributed by atoms with van der Waals surface area (Å²) < 4.78 is 4.47. The number of rotatable bonds is 4. The Bertz CT molecular complexity index is 1280. The molecule has 0 aliphatic heterocycles. The number of pyridine rings is 1. The highest BCUT2D eigenvalue weighted by Crippen LogP contribution is 2.22. The van der Waals surface area contributed by atoms with Gasteiger partial charge in [-0.1, -0.05) is 35.5 Å². The van der Waals surface area contributed by atoms with Crippen LogP contribution in [0.4, 0.5) is 5.69 Å². The van der Waals surface area contributed by atoms with Gasteiger partial charge < -0.3 is 10.3 Å². The highest BCUT2D eigenvalue weighted by molar-refractivity contribution is 6.04. The minimum atomic E-state index is -0.648. The molecule has 0 radical (unpaired) electrons. The van der Waals surface area contributed by atoms with Crippen molar-refractivity contribution in [3.8, 4) is 22.5 Å². The van der Waals surface area contributed by atoms with Crippen LogP contribution in [0.15, 0.2) is 74.8 Å². The van der Waals surface area contributed by atoms with Crippen molar-refractivity contribution in [1.82, 2.24) is 15.1 Å². The first-order chi connectivity index (χ1) is 14.0. The number of hydrogen-bond acceptors (Lipinski definition) is 5. The number of carbonyl (C=O) groups excluding carboxylic acids is 1. The molecule has 0 spiro atoms. The first kappa shape index (κ1) is 18.2. The average Bonchev–Trinajstić information content (AvgIpc) is 3.15. The molecule has 0 atom stereocenters.